The van der Waals surface area contributed by atoms with E-state index >= 15 is 0 Å². The lowest BCUT2D eigenvalue weighted by molar-refractivity contribution is -0.265. The molecule has 1 heterocycles. The van der Waals surface area contributed by atoms with Crippen molar-refractivity contribution in [1.82, 2.24) is 0 Å². The fourth-order valence-electron chi connectivity index (χ4n) is 4.08. The lowest BCUT2D eigenvalue weighted by Gasteiger charge is -2.33. The summed E-state index contributed by atoms with van der Waals surface area (Å²) >= 11 is 0. The van der Waals surface area contributed by atoms with E-state index in [2.05, 4.69) is 9.47 Å². The van der Waals surface area contributed by atoms with Crippen LogP contribution in [0.2, 0.25) is 0 Å². The first-order valence-corrected chi connectivity index (χ1v) is 11.8. The smallest absolute Gasteiger partial charge is 0.429 e. The van der Waals surface area contributed by atoms with Gasteiger partial charge in [-0.05, 0) is 37.3 Å². The van der Waals surface area contributed by atoms with E-state index in [1.165, 1.54) is 0 Å². The molecule has 0 aromatic heterocycles. The summed E-state index contributed by atoms with van der Waals surface area (Å²) in [5, 5.41) is 0. The Balaban J connectivity index is 1.68. The van der Waals surface area contributed by atoms with Crippen molar-refractivity contribution < 1.29 is 58.1 Å². The van der Waals surface area contributed by atoms with Gasteiger partial charge in [-0.2, -0.15) is 30.7 Å². The second-order valence-electron chi connectivity index (χ2n) is 8.95. The molecule has 212 valence electrons. The summed E-state index contributed by atoms with van der Waals surface area (Å²) in [7, 11) is 0. The van der Waals surface area contributed by atoms with Crippen LogP contribution in [0.3, 0.4) is 0 Å². The highest BCUT2D eigenvalue weighted by Gasteiger charge is 2.46. The first kappa shape index (κ1) is 29.9. The topological polar surface area (TPSA) is 27.7 Å². The molecular weight excluding hydrogens is 538 g/mol. The van der Waals surface area contributed by atoms with E-state index in [4.69, 9.17) is 4.74 Å². The van der Waals surface area contributed by atoms with Gasteiger partial charge in [0.1, 0.15) is 40.1 Å². The molecule has 13 heteroatoms. The van der Waals surface area contributed by atoms with E-state index in [9.17, 15) is 43.9 Å². The van der Waals surface area contributed by atoms with Crippen LogP contribution in [0.5, 0.6) is 11.5 Å². The number of benzene rings is 2. The molecular formula is C25H24F10O3. The van der Waals surface area contributed by atoms with Crippen LogP contribution < -0.4 is 9.47 Å². The van der Waals surface area contributed by atoms with Crippen LogP contribution in [-0.2, 0) is 17.0 Å². The molecule has 2 unspecified atom stereocenters. The van der Waals surface area contributed by atoms with Crippen molar-refractivity contribution in [1.29, 1.82) is 0 Å². The predicted molar refractivity (Wildman–Crippen MR) is 114 cm³/mol. The number of hydrogen-bond acceptors (Lipinski definition) is 3. The van der Waals surface area contributed by atoms with Crippen LogP contribution >= 0.6 is 0 Å². The molecule has 0 aliphatic carbocycles. The first-order valence-electron chi connectivity index (χ1n) is 11.8. The van der Waals surface area contributed by atoms with Crippen LogP contribution in [0.25, 0.3) is 0 Å². The zero-order valence-electron chi connectivity index (χ0n) is 20.0. The zero-order valence-corrected chi connectivity index (χ0v) is 20.0. The Morgan fingerprint density at radius 3 is 1.97 bits per heavy atom. The predicted octanol–water partition coefficient (Wildman–Crippen LogP) is 8.60. The van der Waals surface area contributed by atoms with E-state index in [0.717, 1.165) is 25.7 Å². The van der Waals surface area contributed by atoms with Gasteiger partial charge in [0.05, 0.1) is 6.61 Å². The Morgan fingerprint density at radius 2 is 1.45 bits per heavy atom. The molecule has 2 aromatic rings. The molecule has 3 rings (SSSR count). The molecule has 1 aliphatic rings. The number of alkyl halides is 7. The first-order chi connectivity index (χ1) is 17.6. The molecule has 38 heavy (non-hydrogen) atoms. The summed E-state index contributed by atoms with van der Waals surface area (Å²) in [6, 6.07) is 0.865. The normalized spacial score (nSPS) is 18.9. The van der Waals surface area contributed by atoms with Crippen molar-refractivity contribution in [3.05, 3.63) is 58.9 Å². The Labute approximate surface area is 211 Å². The van der Waals surface area contributed by atoms with Gasteiger partial charge in [-0.25, -0.2) is 13.2 Å². The Kier molecular flexibility index (Phi) is 9.10. The van der Waals surface area contributed by atoms with E-state index in [-0.39, 0.29) is 37.1 Å². The van der Waals surface area contributed by atoms with Crippen molar-refractivity contribution in [3.8, 4) is 11.5 Å². The molecule has 3 nitrogen and oxygen atoms in total. The number of hydrogen-bond donors (Lipinski definition) is 0. The minimum Gasteiger partial charge on any atom is -0.431 e. The third-order valence-electron chi connectivity index (χ3n) is 6.01. The highest BCUT2D eigenvalue weighted by atomic mass is 19.4. The van der Waals surface area contributed by atoms with E-state index in [1.54, 1.807) is 0 Å². The third-order valence-corrected chi connectivity index (χ3v) is 6.01. The number of ether oxygens (including phenoxy) is 3. The van der Waals surface area contributed by atoms with Crippen LogP contribution in [0, 0.1) is 23.4 Å². The van der Waals surface area contributed by atoms with Gasteiger partial charge in [0, 0.05) is 18.2 Å². The third kappa shape index (κ3) is 7.23. The van der Waals surface area contributed by atoms with Gasteiger partial charge in [0.25, 0.3) is 0 Å². The fourth-order valence-corrected chi connectivity index (χ4v) is 4.08. The average Bonchev–Trinajstić information content (AvgIpc) is 2.77. The maximum Gasteiger partial charge on any atom is 0.429 e. The van der Waals surface area contributed by atoms with Gasteiger partial charge in [-0.1, -0.05) is 26.2 Å². The number of unbranched alkanes of at least 4 members (excludes halogenated alkanes) is 2. The summed E-state index contributed by atoms with van der Waals surface area (Å²) in [5.41, 5.74) is -3.87. The van der Waals surface area contributed by atoms with Gasteiger partial charge in [-0.3, -0.25) is 0 Å². The summed E-state index contributed by atoms with van der Waals surface area (Å²) in [5.74, 6) is -8.30. The molecule has 0 amide bonds. The molecule has 1 saturated heterocycles. The summed E-state index contributed by atoms with van der Waals surface area (Å²) < 4.78 is 152. The molecule has 0 N–H and O–H groups in total. The van der Waals surface area contributed by atoms with Crippen LogP contribution in [0.1, 0.15) is 56.6 Å². The molecule has 0 saturated carbocycles. The molecule has 1 fully saturated rings. The minimum atomic E-state index is -5.45. The second-order valence-corrected chi connectivity index (χ2v) is 8.95. The molecule has 2 atom stereocenters. The van der Waals surface area contributed by atoms with Gasteiger partial charge < -0.3 is 14.2 Å². The van der Waals surface area contributed by atoms with Gasteiger partial charge in [-0.15, -0.1) is 0 Å². The lowest BCUT2D eigenvalue weighted by Crippen LogP contribution is -2.44. The molecule has 0 spiro atoms. The monoisotopic (exact) mass is 562 g/mol. The summed E-state index contributed by atoms with van der Waals surface area (Å²) in [6.45, 7) is 2.13. The SMILES string of the molecule is CCCCCC1CCC(C(F)(F)Oc2ccc(C(F)(F)Oc3cc(F)c(C(F)(F)F)c(F)c3)c(F)c2)OC1. The van der Waals surface area contributed by atoms with Crippen molar-refractivity contribution in [3.63, 3.8) is 0 Å². The van der Waals surface area contributed by atoms with Gasteiger partial charge in [0.2, 0.25) is 0 Å². The molecule has 0 radical (unpaired) electrons. The second kappa shape index (κ2) is 11.6. The molecule has 2 aromatic carbocycles. The van der Waals surface area contributed by atoms with Crippen molar-refractivity contribution in [2.45, 2.75) is 69.9 Å². The number of rotatable bonds is 10. The Bertz CT molecular complexity index is 1070. The highest BCUT2D eigenvalue weighted by molar-refractivity contribution is 5.35. The van der Waals surface area contributed by atoms with Crippen molar-refractivity contribution in [2.75, 3.05) is 6.61 Å². The van der Waals surface area contributed by atoms with Crippen molar-refractivity contribution >= 4 is 0 Å². The number of halogens is 10. The maximum atomic E-state index is 14.6. The lowest BCUT2D eigenvalue weighted by atomic mass is 9.93. The maximum absolute atomic E-state index is 14.6. The summed E-state index contributed by atoms with van der Waals surface area (Å²) in [6.07, 6.45) is -11.4. The molecule has 0 bridgehead atoms. The van der Waals surface area contributed by atoms with Gasteiger partial charge >= 0.3 is 18.4 Å². The highest BCUT2D eigenvalue weighted by Crippen LogP contribution is 2.40. The molecule has 1 aliphatic heterocycles. The largest absolute Gasteiger partial charge is 0.431 e. The average molecular weight is 562 g/mol. The van der Waals surface area contributed by atoms with E-state index in [0.29, 0.717) is 18.6 Å². The van der Waals surface area contributed by atoms with Crippen LogP contribution in [-0.4, -0.2) is 18.8 Å². The fraction of sp³-hybridized carbons (Fsp3) is 0.520. The Morgan fingerprint density at radius 1 is 0.816 bits per heavy atom. The van der Waals surface area contributed by atoms with E-state index in [1.807, 2.05) is 6.92 Å². The minimum absolute atomic E-state index is 0.0312. The zero-order chi connectivity index (χ0) is 28.3. The van der Waals surface area contributed by atoms with Gasteiger partial charge in [0.15, 0.2) is 6.10 Å². The standard InChI is InChI=1S/C25H24F10O3/c1-2-3-4-5-14-6-9-21(36-13-14)25(34,35)37-15-7-8-17(18(26)10-15)24(32,33)38-16-11-19(27)22(20(28)12-16)23(29,30)31/h7-8,10-12,14,21H,2-6,9,13H2,1H3. The van der Waals surface area contributed by atoms with Crippen LogP contribution in [0.4, 0.5) is 43.9 Å². The Hall–Kier alpha value is -2.70. The quantitative estimate of drug-likeness (QED) is 0.214. The van der Waals surface area contributed by atoms with Crippen molar-refractivity contribution in [2.24, 2.45) is 5.92 Å². The van der Waals surface area contributed by atoms with Crippen LogP contribution in [0.15, 0.2) is 30.3 Å². The summed E-state index contributed by atoms with van der Waals surface area (Å²) in [4.78, 5) is 0. The van der Waals surface area contributed by atoms with E-state index < -0.39 is 64.6 Å².